The summed E-state index contributed by atoms with van der Waals surface area (Å²) in [6.07, 6.45) is 0. The Bertz CT molecular complexity index is 619. The molecule has 0 bridgehead atoms. The molecule has 0 heterocycles. The molecule has 0 unspecified atom stereocenters. The van der Waals surface area contributed by atoms with Gasteiger partial charge in [-0.2, -0.15) is 0 Å². The highest BCUT2D eigenvalue weighted by Gasteiger charge is 2.17. The van der Waals surface area contributed by atoms with Gasteiger partial charge in [-0.15, -0.1) is 0 Å². The van der Waals surface area contributed by atoms with Gasteiger partial charge in [0.05, 0.1) is 5.02 Å². The third kappa shape index (κ3) is 2.40. The summed E-state index contributed by atoms with van der Waals surface area (Å²) in [6, 6.07) is 9.15. The van der Waals surface area contributed by atoms with Crippen molar-refractivity contribution < 1.29 is 9.18 Å². The van der Waals surface area contributed by atoms with Crippen molar-refractivity contribution in [2.45, 2.75) is 6.92 Å². The van der Waals surface area contributed by atoms with Crippen LogP contribution in [0.2, 0.25) is 10.0 Å². The summed E-state index contributed by atoms with van der Waals surface area (Å²) in [7, 11) is 0. The monoisotopic (exact) mass is 282 g/mol. The molecule has 92 valence electrons. The molecule has 0 atom stereocenters. The molecule has 0 aromatic heterocycles. The number of carbonyl (C=O) groups excluding carboxylic acids is 1. The Kier molecular flexibility index (Phi) is 3.69. The zero-order chi connectivity index (χ0) is 13.3. The van der Waals surface area contributed by atoms with E-state index in [0.717, 1.165) is 5.56 Å². The maximum atomic E-state index is 13.3. The minimum absolute atomic E-state index is 0.141. The molecule has 0 aliphatic carbocycles. The van der Waals surface area contributed by atoms with Crippen molar-refractivity contribution in [2.24, 2.45) is 0 Å². The van der Waals surface area contributed by atoms with E-state index in [1.165, 1.54) is 18.2 Å². The van der Waals surface area contributed by atoms with Gasteiger partial charge in [-0.05, 0) is 36.8 Å². The Labute approximate surface area is 114 Å². The highest BCUT2D eigenvalue weighted by molar-refractivity contribution is 6.35. The second-order valence-corrected chi connectivity index (χ2v) is 4.70. The Morgan fingerprint density at radius 1 is 1.11 bits per heavy atom. The van der Waals surface area contributed by atoms with Gasteiger partial charge >= 0.3 is 0 Å². The largest absolute Gasteiger partial charge is 0.289 e. The Morgan fingerprint density at radius 2 is 1.83 bits per heavy atom. The molecular weight excluding hydrogens is 274 g/mol. The van der Waals surface area contributed by atoms with E-state index in [-0.39, 0.29) is 16.4 Å². The molecule has 0 radical (unpaired) electrons. The molecule has 0 aliphatic rings. The molecule has 0 spiro atoms. The lowest BCUT2D eigenvalue weighted by Crippen LogP contribution is -2.05. The van der Waals surface area contributed by atoms with Crippen LogP contribution in [0, 0.1) is 12.7 Å². The van der Waals surface area contributed by atoms with Gasteiger partial charge in [0.2, 0.25) is 0 Å². The van der Waals surface area contributed by atoms with Crippen LogP contribution < -0.4 is 0 Å². The van der Waals surface area contributed by atoms with E-state index in [0.29, 0.717) is 10.6 Å². The standard InChI is InChI=1S/C14H9Cl2FO/c1-8-5-6-9(15)7-11(8)14(18)10-3-2-4-12(17)13(10)16/h2-7H,1H3. The molecule has 0 saturated carbocycles. The molecule has 18 heavy (non-hydrogen) atoms. The SMILES string of the molecule is Cc1ccc(Cl)cc1C(=O)c1cccc(F)c1Cl. The fourth-order valence-electron chi connectivity index (χ4n) is 1.66. The minimum atomic E-state index is -0.609. The first-order valence-electron chi connectivity index (χ1n) is 5.25. The summed E-state index contributed by atoms with van der Waals surface area (Å²) in [4.78, 5) is 12.3. The molecule has 1 nitrogen and oxygen atoms in total. The van der Waals surface area contributed by atoms with Crippen molar-refractivity contribution in [3.8, 4) is 0 Å². The van der Waals surface area contributed by atoms with Crippen LogP contribution in [0.3, 0.4) is 0 Å². The van der Waals surface area contributed by atoms with Crippen LogP contribution in [-0.4, -0.2) is 5.78 Å². The van der Waals surface area contributed by atoms with Crippen molar-refractivity contribution in [3.63, 3.8) is 0 Å². The molecule has 2 aromatic rings. The summed E-state index contributed by atoms with van der Waals surface area (Å²) < 4.78 is 13.3. The van der Waals surface area contributed by atoms with E-state index >= 15 is 0 Å². The topological polar surface area (TPSA) is 17.1 Å². The van der Waals surface area contributed by atoms with Gasteiger partial charge < -0.3 is 0 Å². The van der Waals surface area contributed by atoms with Gasteiger partial charge in [0.1, 0.15) is 5.82 Å². The number of ketones is 1. The number of halogens is 3. The molecule has 0 fully saturated rings. The normalized spacial score (nSPS) is 10.4. The third-order valence-corrected chi connectivity index (χ3v) is 3.26. The second kappa shape index (κ2) is 5.09. The molecule has 2 rings (SSSR count). The molecule has 0 saturated heterocycles. The predicted molar refractivity (Wildman–Crippen MR) is 71.0 cm³/mol. The molecule has 0 amide bonds. The molecule has 4 heteroatoms. The van der Waals surface area contributed by atoms with Gasteiger partial charge in [0.25, 0.3) is 0 Å². The second-order valence-electron chi connectivity index (χ2n) is 3.89. The van der Waals surface area contributed by atoms with Crippen LogP contribution in [0.15, 0.2) is 36.4 Å². The minimum Gasteiger partial charge on any atom is -0.289 e. The van der Waals surface area contributed by atoms with Crippen LogP contribution in [0.25, 0.3) is 0 Å². The first-order valence-corrected chi connectivity index (χ1v) is 6.01. The fourth-order valence-corrected chi connectivity index (χ4v) is 2.05. The van der Waals surface area contributed by atoms with Crippen molar-refractivity contribution in [3.05, 3.63) is 69.0 Å². The average molecular weight is 283 g/mol. The first-order chi connectivity index (χ1) is 8.50. The number of rotatable bonds is 2. The summed E-state index contributed by atoms with van der Waals surface area (Å²) in [5.41, 5.74) is 1.33. The van der Waals surface area contributed by atoms with Crippen LogP contribution in [-0.2, 0) is 0 Å². The molecule has 0 aliphatic heterocycles. The average Bonchev–Trinajstić information content (AvgIpc) is 2.35. The number of hydrogen-bond donors (Lipinski definition) is 0. The Balaban J connectivity index is 2.55. The smallest absolute Gasteiger partial charge is 0.194 e. The van der Waals surface area contributed by atoms with E-state index in [2.05, 4.69) is 0 Å². The van der Waals surface area contributed by atoms with Crippen molar-refractivity contribution >= 4 is 29.0 Å². The summed E-state index contributed by atoms with van der Waals surface area (Å²) >= 11 is 11.7. The van der Waals surface area contributed by atoms with Crippen molar-refractivity contribution in [2.75, 3.05) is 0 Å². The first kappa shape index (κ1) is 13.1. The lowest BCUT2D eigenvalue weighted by atomic mass is 9.99. The highest BCUT2D eigenvalue weighted by atomic mass is 35.5. The lowest BCUT2D eigenvalue weighted by molar-refractivity contribution is 0.103. The number of hydrogen-bond acceptors (Lipinski definition) is 1. The van der Waals surface area contributed by atoms with E-state index in [9.17, 15) is 9.18 Å². The van der Waals surface area contributed by atoms with Gasteiger partial charge in [-0.1, -0.05) is 35.3 Å². The van der Waals surface area contributed by atoms with Crippen LogP contribution in [0.4, 0.5) is 4.39 Å². The Hall–Kier alpha value is -1.38. The number of aryl methyl sites for hydroxylation is 1. The van der Waals surface area contributed by atoms with E-state index in [1.807, 2.05) is 0 Å². The quantitative estimate of drug-likeness (QED) is 0.732. The summed E-state index contributed by atoms with van der Waals surface area (Å²) in [6.45, 7) is 1.79. The molecule has 2 aromatic carbocycles. The van der Waals surface area contributed by atoms with Gasteiger partial charge in [0, 0.05) is 16.1 Å². The summed E-state index contributed by atoms with van der Waals surface area (Å²) in [5.74, 6) is -0.943. The highest BCUT2D eigenvalue weighted by Crippen LogP contribution is 2.25. The van der Waals surface area contributed by atoms with E-state index < -0.39 is 5.82 Å². The predicted octanol–water partition coefficient (Wildman–Crippen LogP) is 4.67. The van der Waals surface area contributed by atoms with Gasteiger partial charge in [-0.3, -0.25) is 4.79 Å². The van der Waals surface area contributed by atoms with Gasteiger partial charge in [0.15, 0.2) is 5.78 Å². The van der Waals surface area contributed by atoms with Crippen molar-refractivity contribution in [1.82, 2.24) is 0 Å². The number of benzene rings is 2. The van der Waals surface area contributed by atoms with Crippen LogP contribution >= 0.6 is 23.2 Å². The number of carbonyl (C=O) groups is 1. The molecular formula is C14H9Cl2FO. The maximum absolute atomic E-state index is 13.3. The Morgan fingerprint density at radius 3 is 2.56 bits per heavy atom. The lowest BCUT2D eigenvalue weighted by Gasteiger charge is -2.07. The van der Waals surface area contributed by atoms with E-state index in [1.54, 1.807) is 25.1 Å². The van der Waals surface area contributed by atoms with Gasteiger partial charge in [-0.25, -0.2) is 4.39 Å². The van der Waals surface area contributed by atoms with Crippen molar-refractivity contribution in [1.29, 1.82) is 0 Å². The third-order valence-electron chi connectivity index (χ3n) is 2.64. The maximum Gasteiger partial charge on any atom is 0.194 e. The molecule has 0 N–H and O–H groups in total. The zero-order valence-corrected chi connectivity index (χ0v) is 11.0. The summed E-state index contributed by atoms with van der Waals surface area (Å²) in [5, 5.41) is 0.290. The zero-order valence-electron chi connectivity index (χ0n) is 9.51. The van der Waals surface area contributed by atoms with Crippen LogP contribution in [0.5, 0.6) is 0 Å². The van der Waals surface area contributed by atoms with Crippen LogP contribution in [0.1, 0.15) is 21.5 Å². The fraction of sp³-hybridized carbons (Fsp3) is 0.0714. The van der Waals surface area contributed by atoms with E-state index in [4.69, 9.17) is 23.2 Å².